The summed E-state index contributed by atoms with van der Waals surface area (Å²) >= 11 is 0. The summed E-state index contributed by atoms with van der Waals surface area (Å²) in [6.45, 7) is -0.159. The van der Waals surface area contributed by atoms with Gasteiger partial charge >= 0.3 is 0 Å². The van der Waals surface area contributed by atoms with Gasteiger partial charge in [-0.25, -0.2) is 5.43 Å². The van der Waals surface area contributed by atoms with Crippen LogP contribution in [0.4, 0.5) is 0 Å². The van der Waals surface area contributed by atoms with E-state index < -0.39 is 11.8 Å². The Morgan fingerprint density at radius 2 is 1.79 bits per heavy atom. The van der Waals surface area contributed by atoms with Crippen molar-refractivity contribution in [3.05, 3.63) is 65.7 Å². The number of nitrogens with zero attached hydrogens (tertiary/aromatic N) is 1. The Morgan fingerprint density at radius 3 is 2.55 bits per heavy atom. The molecule has 0 atom stereocenters. The molecule has 0 aliphatic heterocycles. The van der Waals surface area contributed by atoms with Crippen LogP contribution in [0.5, 0.6) is 17.2 Å². The first-order valence-corrected chi connectivity index (χ1v) is 9.97. The van der Waals surface area contributed by atoms with E-state index in [0.29, 0.717) is 28.4 Å². The number of hydrazone groups is 1. The molecule has 0 aliphatic rings. The SMILES string of the molecule is C#CCOc1ccc2ccccc2c1C=NNC(=O)CNC(=O)c1ccc(OC)c(OC)c1. The maximum absolute atomic E-state index is 12.3. The van der Waals surface area contributed by atoms with Gasteiger partial charge in [0.2, 0.25) is 0 Å². The number of carbonyl (C=O) groups excluding carboxylic acids is 2. The molecule has 0 radical (unpaired) electrons. The van der Waals surface area contributed by atoms with Crippen LogP contribution < -0.4 is 25.0 Å². The highest BCUT2D eigenvalue weighted by molar-refractivity contribution is 6.03. The van der Waals surface area contributed by atoms with Crippen molar-refractivity contribution in [2.75, 3.05) is 27.4 Å². The Balaban J connectivity index is 1.64. The number of rotatable bonds is 9. The molecule has 0 spiro atoms. The zero-order chi connectivity index (χ0) is 23.6. The first kappa shape index (κ1) is 23.2. The normalized spacial score (nSPS) is 10.5. The molecule has 0 unspecified atom stereocenters. The zero-order valence-corrected chi connectivity index (χ0v) is 18.3. The summed E-state index contributed by atoms with van der Waals surface area (Å²) in [7, 11) is 2.98. The second-order valence-corrected chi connectivity index (χ2v) is 6.74. The Hall–Kier alpha value is -4.51. The molecular weight excluding hydrogens is 422 g/mol. The Bertz CT molecular complexity index is 1230. The molecule has 2 amide bonds. The van der Waals surface area contributed by atoms with Crippen molar-refractivity contribution in [2.24, 2.45) is 5.10 Å². The summed E-state index contributed by atoms with van der Waals surface area (Å²) in [6, 6.07) is 16.1. The molecule has 168 valence electrons. The maximum Gasteiger partial charge on any atom is 0.259 e. The molecule has 0 aliphatic carbocycles. The van der Waals surface area contributed by atoms with Crippen molar-refractivity contribution in [1.29, 1.82) is 0 Å². The smallest absolute Gasteiger partial charge is 0.259 e. The van der Waals surface area contributed by atoms with Crippen molar-refractivity contribution in [3.63, 3.8) is 0 Å². The van der Waals surface area contributed by atoms with Crippen LogP contribution >= 0.6 is 0 Å². The zero-order valence-electron chi connectivity index (χ0n) is 18.3. The maximum atomic E-state index is 12.3. The Morgan fingerprint density at radius 1 is 1.03 bits per heavy atom. The predicted octanol–water partition coefficient (Wildman–Crippen LogP) is 2.75. The number of amides is 2. The lowest BCUT2D eigenvalue weighted by Gasteiger charge is -2.10. The van der Waals surface area contributed by atoms with Crippen molar-refractivity contribution >= 4 is 28.8 Å². The second kappa shape index (κ2) is 11.2. The molecule has 3 rings (SSSR count). The topological polar surface area (TPSA) is 98.2 Å². The van der Waals surface area contributed by atoms with Crippen LogP contribution in [0.3, 0.4) is 0 Å². The minimum absolute atomic E-state index is 0.105. The number of carbonyl (C=O) groups is 2. The van der Waals surface area contributed by atoms with E-state index in [1.54, 1.807) is 18.2 Å². The van der Waals surface area contributed by atoms with E-state index in [-0.39, 0.29) is 13.2 Å². The Labute approximate surface area is 191 Å². The van der Waals surface area contributed by atoms with Crippen molar-refractivity contribution in [2.45, 2.75) is 0 Å². The van der Waals surface area contributed by atoms with Gasteiger partial charge < -0.3 is 19.5 Å². The van der Waals surface area contributed by atoms with Gasteiger partial charge in [0.25, 0.3) is 11.8 Å². The van der Waals surface area contributed by atoms with Gasteiger partial charge in [-0.05, 0) is 35.0 Å². The number of nitrogens with one attached hydrogen (secondary N) is 2. The van der Waals surface area contributed by atoms with E-state index >= 15 is 0 Å². The standard InChI is InChI=1S/C25H23N3O5/c1-4-13-33-21-11-9-17-7-5-6-8-19(17)20(21)15-27-28-24(29)16-26-25(30)18-10-12-22(31-2)23(14-18)32-3/h1,5-12,14-15H,13,16H2,2-3H3,(H,26,30)(H,28,29). The number of benzene rings is 3. The van der Waals surface area contributed by atoms with Crippen LogP contribution in [0.1, 0.15) is 15.9 Å². The fraction of sp³-hybridized carbons (Fsp3) is 0.160. The molecule has 33 heavy (non-hydrogen) atoms. The van der Waals surface area contributed by atoms with Crippen molar-refractivity contribution in [3.8, 4) is 29.6 Å². The highest BCUT2D eigenvalue weighted by Crippen LogP contribution is 2.28. The lowest BCUT2D eigenvalue weighted by molar-refractivity contribution is -0.120. The van der Waals surface area contributed by atoms with Crippen LogP contribution in [0.25, 0.3) is 10.8 Å². The number of hydrogen-bond acceptors (Lipinski definition) is 6. The fourth-order valence-corrected chi connectivity index (χ4v) is 3.10. The monoisotopic (exact) mass is 445 g/mol. The molecule has 3 aromatic rings. The van der Waals surface area contributed by atoms with E-state index in [9.17, 15) is 9.59 Å². The van der Waals surface area contributed by atoms with Gasteiger partial charge in [-0.1, -0.05) is 36.3 Å². The molecule has 0 aromatic heterocycles. The van der Waals surface area contributed by atoms with E-state index in [1.165, 1.54) is 26.5 Å². The lowest BCUT2D eigenvalue weighted by atomic mass is 10.0. The summed E-state index contributed by atoms with van der Waals surface area (Å²) in [6.07, 6.45) is 6.78. The molecule has 2 N–H and O–H groups in total. The van der Waals surface area contributed by atoms with Crippen molar-refractivity contribution < 1.29 is 23.8 Å². The number of hydrogen-bond donors (Lipinski definition) is 2. The van der Waals surface area contributed by atoms with Gasteiger partial charge in [0.15, 0.2) is 11.5 Å². The van der Waals surface area contributed by atoms with Crippen LogP contribution in [0.15, 0.2) is 59.7 Å². The molecule has 8 nitrogen and oxygen atoms in total. The summed E-state index contributed by atoms with van der Waals surface area (Å²) in [5.41, 5.74) is 3.41. The first-order chi connectivity index (χ1) is 16.1. The summed E-state index contributed by atoms with van der Waals surface area (Å²) in [5.74, 6) is 2.96. The van der Waals surface area contributed by atoms with Gasteiger partial charge in [0.05, 0.1) is 27.0 Å². The average Bonchev–Trinajstić information content (AvgIpc) is 2.86. The van der Waals surface area contributed by atoms with E-state index in [1.807, 2.05) is 30.3 Å². The third-order valence-electron chi connectivity index (χ3n) is 4.68. The Kier molecular flexibility index (Phi) is 7.86. The number of terminal acetylenes is 1. The van der Waals surface area contributed by atoms with Crippen LogP contribution in [-0.4, -0.2) is 45.4 Å². The predicted molar refractivity (Wildman–Crippen MR) is 126 cm³/mol. The minimum atomic E-state index is -0.494. The first-order valence-electron chi connectivity index (χ1n) is 9.97. The number of methoxy groups -OCH3 is 2. The van der Waals surface area contributed by atoms with Gasteiger partial charge in [-0.3, -0.25) is 9.59 Å². The molecule has 0 fully saturated rings. The number of fused-ring (bicyclic) bond motifs is 1. The van der Waals surface area contributed by atoms with Crippen LogP contribution in [0.2, 0.25) is 0 Å². The highest BCUT2D eigenvalue weighted by Gasteiger charge is 2.12. The minimum Gasteiger partial charge on any atom is -0.493 e. The highest BCUT2D eigenvalue weighted by atomic mass is 16.5. The van der Waals surface area contributed by atoms with Gasteiger partial charge in [-0.2, -0.15) is 5.10 Å². The molecule has 0 bridgehead atoms. The quantitative estimate of drug-likeness (QED) is 0.300. The van der Waals surface area contributed by atoms with Crippen molar-refractivity contribution in [1.82, 2.24) is 10.7 Å². The lowest BCUT2D eigenvalue weighted by Crippen LogP contribution is -2.34. The molecule has 0 heterocycles. The largest absolute Gasteiger partial charge is 0.493 e. The van der Waals surface area contributed by atoms with Crippen LogP contribution in [0, 0.1) is 12.3 Å². The molecule has 0 saturated heterocycles. The average molecular weight is 445 g/mol. The molecule has 3 aromatic carbocycles. The van der Waals surface area contributed by atoms with Gasteiger partial charge in [0.1, 0.15) is 12.4 Å². The summed E-state index contributed by atoms with van der Waals surface area (Å²) < 4.78 is 15.9. The summed E-state index contributed by atoms with van der Waals surface area (Å²) in [4.78, 5) is 24.5. The van der Waals surface area contributed by atoms with E-state index in [0.717, 1.165) is 10.8 Å². The van der Waals surface area contributed by atoms with Crippen LogP contribution in [-0.2, 0) is 4.79 Å². The molecular formula is C25H23N3O5. The third-order valence-corrected chi connectivity index (χ3v) is 4.68. The fourth-order valence-electron chi connectivity index (χ4n) is 3.10. The molecule has 8 heteroatoms. The number of ether oxygens (including phenoxy) is 3. The summed E-state index contributed by atoms with van der Waals surface area (Å²) in [5, 5.41) is 8.44. The third kappa shape index (κ3) is 5.80. The van der Waals surface area contributed by atoms with Gasteiger partial charge in [0, 0.05) is 11.1 Å². The van der Waals surface area contributed by atoms with Gasteiger partial charge in [-0.15, -0.1) is 6.42 Å². The van der Waals surface area contributed by atoms with E-state index in [2.05, 4.69) is 21.8 Å². The molecule has 0 saturated carbocycles. The van der Waals surface area contributed by atoms with E-state index in [4.69, 9.17) is 20.6 Å². The second-order valence-electron chi connectivity index (χ2n) is 6.74.